The number of aryl methyl sites for hydroxylation is 1. The molecule has 1 aromatic rings. The summed E-state index contributed by atoms with van der Waals surface area (Å²) in [5.74, 6) is 1.03. The molecule has 1 saturated heterocycles. The summed E-state index contributed by atoms with van der Waals surface area (Å²) >= 11 is 0. The van der Waals surface area contributed by atoms with E-state index < -0.39 is 9.84 Å². The Hall–Kier alpha value is -0.870. The topological polar surface area (TPSA) is 46.2 Å². The molecule has 1 fully saturated rings. The van der Waals surface area contributed by atoms with Crippen molar-refractivity contribution in [2.24, 2.45) is 5.92 Å². The molecule has 0 spiro atoms. The summed E-state index contributed by atoms with van der Waals surface area (Å²) in [7, 11) is -2.78. The van der Waals surface area contributed by atoms with Crippen molar-refractivity contribution < 1.29 is 8.42 Å². The average Bonchev–Trinajstić information content (AvgIpc) is 2.74. The van der Waals surface area contributed by atoms with E-state index in [-0.39, 0.29) is 6.04 Å². The highest BCUT2D eigenvalue weighted by molar-refractivity contribution is 7.91. The Bertz CT molecular complexity index is 539. The van der Waals surface area contributed by atoms with Crippen LogP contribution < -0.4 is 5.32 Å². The quantitative estimate of drug-likeness (QED) is 0.878. The van der Waals surface area contributed by atoms with Crippen molar-refractivity contribution in [2.75, 3.05) is 18.1 Å². The van der Waals surface area contributed by atoms with Gasteiger partial charge in [-0.25, -0.2) is 8.42 Å². The normalized spacial score (nSPS) is 22.8. The molecule has 1 aliphatic heterocycles. The monoisotopic (exact) mass is 295 g/mol. The van der Waals surface area contributed by atoms with Gasteiger partial charge in [0.25, 0.3) is 0 Å². The van der Waals surface area contributed by atoms with E-state index in [1.165, 1.54) is 11.1 Å². The summed E-state index contributed by atoms with van der Waals surface area (Å²) in [6, 6.07) is 8.80. The van der Waals surface area contributed by atoms with Gasteiger partial charge in [-0.1, -0.05) is 36.8 Å². The van der Waals surface area contributed by atoms with Crippen LogP contribution in [-0.4, -0.2) is 26.5 Å². The number of benzene rings is 1. The van der Waals surface area contributed by atoms with E-state index in [1.54, 1.807) is 0 Å². The number of nitrogens with one attached hydrogen (secondary N) is 1. The minimum Gasteiger partial charge on any atom is -0.310 e. The van der Waals surface area contributed by atoms with Gasteiger partial charge in [-0.2, -0.15) is 0 Å². The van der Waals surface area contributed by atoms with Gasteiger partial charge < -0.3 is 5.32 Å². The van der Waals surface area contributed by atoms with Crippen LogP contribution in [0.4, 0.5) is 0 Å². The van der Waals surface area contributed by atoms with E-state index in [4.69, 9.17) is 0 Å². The van der Waals surface area contributed by atoms with Crippen LogP contribution in [-0.2, 0) is 9.84 Å². The highest BCUT2D eigenvalue weighted by atomic mass is 32.2. The van der Waals surface area contributed by atoms with Gasteiger partial charge in [-0.15, -0.1) is 0 Å². The van der Waals surface area contributed by atoms with E-state index >= 15 is 0 Å². The summed E-state index contributed by atoms with van der Waals surface area (Å²) in [4.78, 5) is 0. The molecule has 0 aliphatic carbocycles. The Morgan fingerprint density at radius 2 is 2.20 bits per heavy atom. The smallest absolute Gasteiger partial charge is 0.150 e. The standard InChI is InChI=1S/C16H25NO2S/c1-3-8-17-16(15-6-4-5-13(2)10-15)11-14-7-9-20(18,19)12-14/h4-6,10,14,16-17H,3,7-9,11-12H2,1-2H3. The van der Waals surface area contributed by atoms with Crippen molar-refractivity contribution in [3.8, 4) is 0 Å². The van der Waals surface area contributed by atoms with Crippen LogP contribution in [0.3, 0.4) is 0 Å². The molecule has 1 N–H and O–H groups in total. The molecule has 1 aliphatic rings. The molecule has 1 aromatic carbocycles. The number of hydrogen-bond acceptors (Lipinski definition) is 3. The lowest BCUT2D eigenvalue weighted by Gasteiger charge is -2.22. The highest BCUT2D eigenvalue weighted by Crippen LogP contribution is 2.29. The van der Waals surface area contributed by atoms with Crippen molar-refractivity contribution in [3.05, 3.63) is 35.4 Å². The Labute approximate surface area is 122 Å². The van der Waals surface area contributed by atoms with Gasteiger partial charge in [-0.05, 0) is 44.2 Å². The van der Waals surface area contributed by atoms with Gasteiger partial charge >= 0.3 is 0 Å². The van der Waals surface area contributed by atoms with Gasteiger partial charge in [0, 0.05) is 6.04 Å². The lowest BCUT2D eigenvalue weighted by Crippen LogP contribution is -2.25. The van der Waals surface area contributed by atoms with E-state index in [0.29, 0.717) is 17.4 Å². The molecule has 112 valence electrons. The van der Waals surface area contributed by atoms with Gasteiger partial charge in [0.2, 0.25) is 0 Å². The molecular weight excluding hydrogens is 270 g/mol. The first-order chi connectivity index (χ1) is 9.50. The highest BCUT2D eigenvalue weighted by Gasteiger charge is 2.30. The Morgan fingerprint density at radius 3 is 2.80 bits per heavy atom. The molecule has 2 rings (SSSR count). The molecule has 2 unspecified atom stereocenters. The van der Waals surface area contributed by atoms with Crippen LogP contribution in [0, 0.1) is 12.8 Å². The molecule has 2 atom stereocenters. The van der Waals surface area contributed by atoms with Crippen LogP contribution >= 0.6 is 0 Å². The predicted molar refractivity (Wildman–Crippen MR) is 83.6 cm³/mol. The molecule has 0 saturated carbocycles. The molecule has 0 bridgehead atoms. The zero-order valence-corrected chi connectivity index (χ0v) is 13.2. The Balaban J connectivity index is 2.08. The Morgan fingerprint density at radius 1 is 1.40 bits per heavy atom. The van der Waals surface area contributed by atoms with Gasteiger partial charge in [-0.3, -0.25) is 0 Å². The lowest BCUT2D eigenvalue weighted by molar-refractivity contribution is 0.415. The molecule has 0 aromatic heterocycles. The van der Waals surface area contributed by atoms with E-state index in [2.05, 4.69) is 43.4 Å². The molecule has 4 heteroatoms. The van der Waals surface area contributed by atoms with Crippen molar-refractivity contribution in [1.29, 1.82) is 0 Å². The fourth-order valence-corrected chi connectivity index (χ4v) is 4.81. The lowest BCUT2D eigenvalue weighted by atomic mass is 9.93. The average molecular weight is 295 g/mol. The minimum atomic E-state index is -2.78. The van der Waals surface area contributed by atoms with E-state index in [1.807, 2.05) is 0 Å². The second-order valence-corrected chi connectivity index (χ2v) is 8.15. The maximum atomic E-state index is 11.6. The minimum absolute atomic E-state index is 0.271. The fraction of sp³-hybridized carbons (Fsp3) is 0.625. The van der Waals surface area contributed by atoms with Gasteiger partial charge in [0.1, 0.15) is 0 Å². The third-order valence-electron chi connectivity index (χ3n) is 3.98. The van der Waals surface area contributed by atoms with Crippen LogP contribution in [0.2, 0.25) is 0 Å². The zero-order chi connectivity index (χ0) is 14.6. The summed E-state index contributed by atoms with van der Waals surface area (Å²) in [5.41, 5.74) is 2.53. The van der Waals surface area contributed by atoms with Crippen LogP contribution in [0.25, 0.3) is 0 Å². The first-order valence-corrected chi connectivity index (χ1v) is 9.32. The molecule has 0 radical (unpaired) electrons. The molecule has 0 amide bonds. The first-order valence-electron chi connectivity index (χ1n) is 7.50. The van der Waals surface area contributed by atoms with Crippen LogP contribution in [0.1, 0.15) is 43.4 Å². The van der Waals surface area contributed by atoms with Crippen molar-refractivity contribution >= 4 is 9.84 Å². The van der Waals surface area contributed by atoms with E-state index in [0.717, 1.165) is 25.8 Å². The molecule has 3 nitrogen and oxygen atoms in total. The van der Waals surface area contributed by atoms with Crippen molar-refractivity contribution in [3.63, 3.8) is 0 Å². The number of rotatable bonds is 6. The third kappa shape index (κ3) is 4.32. The molecule has 1 heterocycles. The van der Waals surface area contributed by atoms with Crippen LogP contribution in [0.5, 0.6) is 0 Å². The number of hydrogen-bond donors (Lipinski definition) is 1. The largest absolute Gasteiger partial charge is 0.310 e. The van der Waals surface area contributed by atoms with Gasteiger partial charge in [0.05, 0.1) is 11.5 Å². The maximum absolute atomic E-state index is 11.6. The van der Waals surface area contributed by atoms with Crippen molar-refractivity contribution in [1.82, 2.24) is 5.32 Å². The second kappa shape index (κ2) is 6.72. The predicted octanol–water partition coefficient (Wildman–Crippen LogP) is 2.86. The second-order valence-electron chi connectivity index (χ2n) is 5.93. The summed E-state index contributed by atoms with van der Waals surface area (Å²) < 4.78 is 23.2. The fourth-order valence-electron chi connectivity index (χ4n) is 2.93. The summed E-state index contributed by atoms with van der Waals surface area (Å²) in [6.45, 7) is 5.22. The third-order valence-corrected chi connectivity index (χ3v) is 5.82. The molecular formula is C16H25NO2S. The van der Waals surface area contributed by atoms with E-state index in [9.17, 15) is 8.42 Å². The zero-order valence-electron chi connectivity index (χ0n) is 12.4. The van der Waals surface area contributed by atoms with Gasteiger partial charge in [0.15, 0.2) is 9.84 Å². The first kappa shape index (κ1) is 15.5. The number of sulfone groups is 1. The van der Waals surface area contributed by atoms with Crippen LogP contribution in [0.15, 0.2) is 24.3 Å². The maximum Gasteiger partial charge on any atom is 0.150 e. The summed E-state index contributed by atoms with van der Waals surface area (Å²) in [6.07, 6.45) is 2.83. The SMILES string of the molecule is CCCNC(CC1CCS(=O)(=O)C1)c1cccc(C)c1. The Kier molecular flexibility index (Phi) is 5.22. The molecule has 20 heavy (non-hydrogen) atoms. The van der Waals surface area contributed by atoms with Crippen molar-refractivity contribution in [2.45, 2.75) is 39.2 Å². The summed E-state index contributed by atoms with van der Waals surface area (Å²) in [5, 5.41) is 3.57.